The first-order valence-electron chi connectivity index (χ1n) is 5.66. The summed E-state index contributed by atoms with van der Waals surface area (Å²) in [5.74, 6) is -0.0976. The number of Topliss-reactive ketones (excluding diaryl/α,β-unsaturated/α-hetero) is 1. The van der Waals surface area contributed by atoms with Gasteiger partial charge < -0.3 is 0 Å². The molecule has 0 bridgehead atoms. The highest BCUT2D eigenvalue weighted by atomic mass is 35.5. The zero-order valence-electron chi connectivity index (χ0n) is 9.97. The number of rotatable bonds is 2. The molecule has 0 N–H and O–H groups in total. The Bertz CT molecular complexity index is 664. The summed E-state index contributed by atoms with van der Waals surface area (Å²) in [5, 5.41) is 8.72. The molecule has 1 aliphatic heterocycles. The molecule has 0 radical (unpaired) electrons. The highest BCUT2D eigenvalue weighted by Gasteiger charge is 2.30. The number of sulfonamides is 1. The molecule has 5 nitrogen and oxygen atoms in total. The Balaban J connectivity index is 2.39. The van der Waals surface area contributed by atoms with Crippen LogP contribution in [0.3, 0.4) is 0 Å². The van der Waals surface area contributed by atoms with Gasteiger partial charge in [-0.25, -0.2) is 8.42 Å². The van der Waals surface area contributed by atoms with Gasteiger partial charge in [-0.1, -0.05) is 11.6 Å². The van der Waals surface area contributed by atoms with Gasteiger partial charge in [0.1, 0.15) is 10.7 Å². The standard InChI is InChI=1S/C12H11ClN2O3S/c13-11-6-9(7-14)3-4-12(11)19(17,18)15-5-1-2-10(16)8-15/h3-4,6H,1-2,5,8H2. The number of hydrogen-bond acceptors (Lipinski definition) is 4. The fourth-order valence-corrected chi connectivity index (χ4v) is 3.91. The molecule has 19 heavy (non-hydrogen) atoms. The van der Waals surface area contributed by atoms with Crippen molar-refractivity contribution < 1.29 is 13.2 Å². The van der Waals surface area contributed by atoms with Crippen molar-refractivity contribution in [3.63, 3.8) is 0 Å². The second-order valence-corrected chi connectivity index (χ2v) is 6.55. The van der Waals surface area contributed by atoms with Gasteiger partial charge in [0.2, 0.25) is 10.0 Å². The first kappa shape index (κ1) is 14.0. The summed E-state index contributed by atoms with van der Waals surface area (Å²) in [6.07, 6.45) is 0.930. The molecular formula is C12H11ClN2O3S. The van der Waals surface area contributed by atoms with Gasteiger partial charge in [-0.05, 0) is 24.6 Å². The minimum atomic E-state index is -3.78. The molecule has 0 unspecified atom stereocenters. The Hall–Kier alpha value is -1.42. The van der Waals surface area contributed by atoms with E-state index in [0.717, 1.165) is 4.31 Å². The Morgan fingerprint density at radius 3 is 2.68 bits per heavy atom. The molecule has 2 rings (SSSR count). The molecule has 0 spiro atoms. The van der Waals surface area contributed by atoms with E-state index in [9.17, 15) is 13.2 Å². The van der Waals surface area contributed by atoms with Gasteiger partial charge in [0.05, 0.1) is 23.2 Å². The third-order valence-corrected chi connectivity index (χ3v) is 5.22. The summed E-state index contributed by atoms with van der Waals surface area (Å²) < 4.78 is 25.9. The molecular weight excluding hydrogens is 288 g/mol. The number of carbonyl (C=O) groups excluding carboxylic acids is 1. The van der Waals surface area contributed by atoms with Gasteiger partial charge in [-0.2, -0.15) is 9.57 Å². The van der Waals surface area contributed by atoms with E-state index in [1.807, 2.05) is 6.07 Å². The Kier molecular flexibility index (Phi) is 3.90. The maximum atomic E-state index is 12.4. The zero-order valence-corrected chi connectivity index (χ0v) is 11.5. The molecule has 0 aromatic heterocycles. The summed E-state index contributed by atoms with van der Waals surface area (Å²) in [6.45, 7) is 0.197. The minimum Gasteiger partial charge on any atom is -0.298 e. The lowest BCUT2D eigenvalue weighted by molar-refractivity contribution is -0.120. The first-order valence-corrected chi connectivity index (χ1v) is 7.48. The average molecular weight is 299 g/mol. The number of benzene rings is 1. The molecule has 0 saturated carbocycles. The van der Waals surface area contributed by atoms with Crippen LogP contribution in [0.1, 0.15) is 18.4 Å². The van der Waals surface area contributed by atoms with Crippen LogP contribution < -0.4 is 0 Å². The van der Waals surface area contributed by atoms with E-state index in [1.165, 1.54) is 18.2 Å². The largest absolute Gasteiger partial charge is 0.298 e. The first-order chi connectivity index (χ1) is 8.95. The molecule has 7 heteroatoms. The number of nitriles is 1. The molecule has 1 aliphatic rings. The van der Waals surface area contributed by atoms with E-state index < -0.39 is 10.0 Å². The number of carbonyl (C=O) groups is 1. The van der Waals surface area contributed by atoms with Crippen molar-refractivity contribution in [3.05, 3.63) is 28.8 Å². The van der Waals surface area contributed by atoms with Crippen LogP contribution in [0.15, 0.2) is 23.1 Å². The maximum Gasteiger partial charge on any atom is 0.244 e. The van der Waals surface area contributed by atoms with E-state index >= 15 is 0 Å². The van der Waals surface area contributed by atoms with Crippen LogP contribution in [0.4, 0.5) is 0 Å². The molecule has 1 heterocycles. The van der Waals surface area contributed by atoms with Gasteiger partial charge in [0, 0.05) is 13.0 Å². The number of halogens is 1. The highest BCUT2D eigenvalue weighted by Crippen LogP contribution is 2.27. The molecule has 1 fully saturated rings. The SMILES string of the molecule is N#Cc1ccc(S(=O)(=O)N2CCCC(=O)C2)c(Cl)c1. The Morgan fingerprint density at radius 2 is 2.11 bits per heavy atom. The van der Waals surface area contributed by atoms with Gasteiger partial charge in [-0.15, -0.1) is 0 Å². The highest BCUT2D eigenvalue weighted by molar-refractivity contribution is 7.89. The summed E-state index contributed by atoms with van der Waals surface area (Å²) in [7, 11) is -3.78. The zero-order chi connectivity index (χ0) is 14.0. The maximum absolute atomic E-state index is 12.4. The second-order valence-electron chi connectivity index (χ2n) is 4.24. The molecule has 1 aromatic rings. The summed E-state index contributed by atoms with van der Waals surface area (Å²) in [4.78, 5) is 11.3. The van der Waals surface area contributed by atoms with Crippen molar-refractivity contribution in [1.29, 1.82) is 5.26 Å². The minimum absolute atomic E-state index is 0.00271. The Morgan fingerprint density at radius 1 is 1.37 bits per heavy atom. The van der Waals surface area contributed by atoms with Crippen LogP contribution in [-0.4, -0.2) is 31.6 Å². The van der Waals surface area contributed by atoms with Crippen LogP contribution >= 0.6 is 11.6 Å². The van der Waals surface area contributed by atoms with E-state index in [-0.39, 0.29) is 22.2 Å². The van der Waals surface area contributed by atoms with Crippen molar-refractivity contribution in [1.82, 2.24) is 4.31 Å². The van der Waals surface area contributed by atoms with Crippen molar-refractivity contribution in [3.8, 4) is 6.07 Å². The summed E-state index contributed by atoms with van der Waals surface area (Å²) in [5.41, 5.74) is 0.290. The van der Waals surface area contributed by atoms with Gasteiger partial charge in [0.15, 0.2) is 0 Å². The van der Waals surface area contributed by atoms with Gasteiger partial charge in [-0.3, -0.25) is 4.79 Å². The molecule has 0 atom stereocenters. The smallest absolute Gasteiger partial charge is 0.244 e. The molecule has 100 valence electrons. The number of piperidine rings is 1. The van der Waals surface area contributed by atoms with Crippen LogP contribution in [-0.2, 0) is 14.8 Å². The van der Waals surface area contributed by atoms with Crippen LogP contribution in [0.5, 0.6) is 0 Å². The summed E-state index contributed by atoms with van der Waals surface area (Å²) >= 11 is 5.91. The van der Waals surface area contributed by atoms with Gasteiger partial charge >= 0.3 is 0 Å². The lowest BCUT2D eigenvalue weighted by Gasteiger charge is -2.25. The fraction of sp³-hybridized carbons (Fsp3) is 0.333. The number of hydrogen-bond donors (Lipinski definition) is 0. The van der Waals surface area contributed by atoms with E-state index in [1.54, 1.807) is 0 Å². The van der Waals surface area contributed by atoms with Crippen molar-refractivity contribution in [2.75, 3.05) is 13.1 Å². The topological polar surface area (TPSA) is 78.2 Å². The quantitative estimate of drug-likeness (QED) is 0.830. The van der Waals surface area contributed by atoms with Crippen molar-refractivity contribution in [2.45, 2.75) is 17.7 Å². The number of nitrogens with zero attached hydrogens (tertiary/aromatic N) is 2. The second kappa shape index (κ2) is 5.29. The van der Waals surface area contributed by atoms with E-state index in [4.69, 9.17) is 16.9 Å². The fourth-order valence-electron chi connectivity index (χ4n) is 1.93. The molecule has 0 aliphatic carbocycles. The van der Waals surface area contributed by atoms with E-state index in [0.29, 0.717) is 24.9 Å². The monoisotopic (exact) mass is 298 g/mol. The predicted molar refractivity (Wildman–Crippen MR) is 69.2 cm³/mol. The van der Waals surface area contributed by atoms with E-state index in [2.05, 4.69) is 0 Å². The van der Waals surface area contributed by atoms with Crippen LogP contribution in [0, 0.1) is 11.3 Å². The third kappa shape index (κ3) is 2.78. The third-order valence-electron chi connectivity index (χ3n) is 2.89. The molecule has 0 amide bonds. The normalized spacial score (nSPS) is 17.2. The van der Waals surface area contributed by atoms with Crippen LogP contribution in [0.2, 0.25) is 5.02 Å². The number of ketones is 1. The average Bonchev–Trinajstić information content (AvgIpc) is 2.38. The Labute approximate surface area is 116 Å². The predicted octanol–water partition coefficient (Wildman–Crippen LogP) is 1.57. The van der Waals surface area contributed by atoms with Gasteiger partial charge in [0.25, 0.3) is 0 Å². The summed E-state index contributed by atoms with van der Waals surface area (Å²) in [6, 6.07) is 5.89. The van der Waals surface area contributed by atoms with Crippen molar-refractivity contribution in [2.24, 2.45) is 0 Å². The lowest BCUT2D eigenvalue weighted by atomic mass is 10.1. The van der Waals surface area contributed by atoms with Crippen molar-refractivity contribution >= 4 is 27.4 Å². The van der Waals surface area contributed by atoms with Crippen LogP contribution in [0.25, 0.3) is 0 Å². The molecule has 1 aromatic carbocycles. The molecule has 1 saturated heterocycles. The lowest BCUT2D eigenvalue weighted by Crippen LogP contribution is -2.40.